The van der Waals surface area contributed by atoms with Gasteiger partial charge in [0, 0.05) is 19.1 Å². The highest BCUT2D eigenvalue weighted by Crippen LogP contribution is 2.31. The van der Waals surface area contributed by atoms with Crippen molar-refractivity contribution in [2.75, 3.05) is 13.2 Å². The van der Waals surface area contributed by atoms with E-state index in [0.29, 0.717) is 6.42 Å². The number of hydrogen-bond donors (Lipinski definition) is 1. The quantitative estimate of drug-likeness (QED) is 0.809. The van der Waals surface area contributed by atoms with Crippen LogP contribution in [0.3, 0.4) is 0 Å². The monoisotopic (exact) mass is 271 g/mol. The average Bonchev–Trinajstić information content (AvgIpc) is 2.73. The molecule has 1 aromatic rings. The largest absolute Gasteiger partial charge is 0.490 e. The van der Waals surface area contributed by atoms with Gasteiger partial charge in [-0.1, -0.05) is 12.1 Å². The summed E-state index contributed by atoms with van der Waals surface area (Å²) < 4.78 is 34.3. The van der Waals surface area contributed by atoms with Crippen molar-refractivity contribution >= 4 is 0 Å². The summed E-state index contributed by atoms with van der Waals surface area (Å²) in [5.74, 6) is 0.914. The third-order valence-electron chi connectivity index (χ3n) is 3.17. The van der Waals surface area contributed by atoms with Crippen LogP contribution in [0, 0.1) is 0 Å². The number of fused-ring (bicyclic) bond motifs is 1. The number of alkyl halides is 2. The zero-order valence-electron chi connectivity index (χ0n) is 10.9. The van der Waals surface area contributed by atoms with Crippen molar-refractivity contribution in [1.29, 1.82) is 0 Å². The molecule has 0 saturated carbocycles. The molecule has 1 aliphatic rings. The molecule has 3 nitrogen and oxygen atoms in total. The summed E-state index contributed by atoms with van der Waals surface area (Å²) in [5.41, 5.74) is 8.19. The second kappa shape index (κ2) is 6.30. The summed E-state index contributed by atoms with van der Waals surface area (Å²) in [7, 11) is 0. The van der Waals surface area contributed by atoms with Gasteiger partial charge in [-0.2, -0.15) is 0 Å². The number of hydrogen-bond acceptors (Lipinski definition) is 3. The molecule has 0 spiro atoms. The van der Waals surface area contributed by atoms with E-state index in [4.69, 9.17) is 15.2 Å². The van der Waals surface area contributed by atoms with E-state index in [-0.39, 0.29) is 18.8 Å². The third kappa shape index (κ3) is 3.88. The van der Waals surface area contributed by atoms with Crippen LogP contribution in [-0.2, 0) is 11.2 Å². The van der Waals surface area contributed by atoms with Crippen molar-refractivity contribution in [3.05, 3.63) is 29.3 Å². The minimum absolute atomic E-state index is 0.195. The molecular weight excluding hydrogens is 252 g/mol. The molecule has 2 rings (SSSR count). The van der Waals surface area contributed by atoms with E-state index in [1.807, 2.05) is 25.1 Å². The summed E-state index contributed by atoms with van der Waals surface area (Å²) in [6, 6.07) is 5.69. The number of benzene rings is 1. The Kier molecular flexibility index (Phi) is 4.71. The van der Waals surface area contributed by atoms with Crippen molar-refractivity contribution < 1.29 is 18.3 Å². The zero-order chi connectivity index (χ0) is 13.8. The Labute approximate surface area is 111 Å². The van der Waals surface area contributed by atoms with Crippen LogP contribution in [0.4, 0.5) is 8.78 Å². The normalized spacial score (nSPS) is 19.3. The van der Waals surface area contributed by atoms with Crippen molar-refractivity contribution in [2.45, 2.75) is 38.3 Å². The maximum absolute atomic E-state index is 11.9. The number of halogens is 2. The van der Waals surface area contributed by atoms with Gasteiger partial charge in [-0.05, 0) is 30.5 Å². The molecule has 1 aromatic carbocycles. The average molecular weight is 271 g/mol. The molecule has 106 valence electrons. The highest BCUT2D eigenvalue weighted by molar-refractivity contribution is 5.41. The van der Waals surface area contributed by atoms with Crippen molar-refractivity contribution in [3.63, 3.8) is 0 Å². The molecular formula is C14H19F2NO2. The van der Waals surface area contributed by atoms with E-state index in [0.717, 1.165) is 23.3 Å². The first-order valence-electron chi connectivity index (χ1n) is 6.47. The van der Waals surface area contributed by atoms with Crippen molar-refractivity contribution in [1.82, 2.24) is 0 Å². The number of nitrogens with two attached hydrogens (primary N) is 1. The lowest BCUT2D eigenvalue weighted by molar-refractivity contribution is 0.0152. The lowest BCUT2D eigenvalue weighted by Crippen LogP contribution is -2.15. The van der Waals surface area contributed by atoms with Crippen molar-refractivity contribution in [2.24, 2.45) is 5.73 Å². The summed E-state index contributed by atoms with van der Waals surface area (Å²) in [4.78, 5) is 0. The summed E-state index contributed by atoms with van der Waals surface area (Å²) in [5, 5.41) is 0. The smallest absolute Gasteiger partial charge is 0.261 e. The Morgan fingerprint density at radius 2 is 2.26 bits per heavy atom. The molecule has 0 aromatic heterocycles. The first-order chi connectivity index (χ1) is 9.06. The minimum Gasteiger partial charge on any atom is -0.490 e. The topological polar surface area (TPSA) is 44.5 Å². The van der Waals surface area contributed by atoms with Crippen LogP contribution in [0.5, 0.6) is 5.75 Å². The molecule has 1 aliphatic heterocycles. The van der Waals surface area contributed by atoms with Gasteiger partial charge in [0.15, 0.2) is 0 Å². The molecule has 2 atom stereocenters. The molecule has 2 N–H and O–H groups in total. The molecule has 2 unspecified atom stereocenters. The van der Waals surface area contributed by atoms with Gasteiger partial charge in [-0.15, -0.1) is 0 Å². The fourth-order valence-electron chi connectivity index (χ4n) is 2.22. The summed E-state index contributed by atoms with van der Waals surface area (Å²) >= 11 is 0. The van der Waals surface area contributed by atoms with Crippen LogP contribution in [0.15, 0.2) is 18.2 Å². The van der Waals surface area contributed by atoms with Crippen LogP contribution >= 0.6 is 0 Å². The van der Waals surface area contributed by atoms with Crippen LogP contribution in [0.25, 0.3) is 0 Å². The van der Waals surface area contributed by atoms with E-state index in [1.165, 1.54) is 0 Å². The SMILES string of the molecule is CC1Cc2cc(C(N)CCOCC(F)F)ccc2O1. The highest BCUT2D eigenvalue weighted by atomic mass is 19.3. The first-order valence-corrected chi connectivity index (χ1v) is 6.47. The molecule has 0 saturated heterocycles. The fraction of sp³-hybridized carbons (Fsp3) is 0.571. The van der Waals surface area contributed by atoms with E-state index in [2.05, 4.69) is 0 Å². The van der Waals surface area contributed by atoms with Gasteiger partial charge in [0.25, 0.3) is 6.43 Å². The number of ether oxygens (including phenoxy) is 2. The molecule has 0 fully saturated rings. The Bertz CT molecular complexity index is 426. The lowest BCUT2D eigenvalue weighted by Gasteiger charge is -2.13. The molecule has 1 heterocycles. The van der Waals surface area contributed by atoms with Gasteiger partial charge >= 0.3 is 0 Å². The van der Waals surface area contributed by atoms with Gasteiger partial charge < -0.3 is 15.2 Å². The van der Waals surface area contributed by atoms with Crippen LogP contribution < -0.4 is 10.5 Å². The predicted octanol–water partition coefficient (Wildman–Crippen LogP) is 2.68. The molecule has 0 radical (unpaired) electrons. The van der Waals surface area contributed by atoms with Gasteiger partial charge in [0.2, 0.25) is 0 Å². The fourth-order valence-corrected chi connectivity index (χ4v) is 2.22. The van der Waals surface area contributed by atoms with E-state index in [9.17, 15) is 8.78 Å². The van der Waals surface area contributed by atoms with Gasteiger partial charge in [-0.25, -0.2) is 8.78 Å². The van der Waals surface area contributed by atoms with E-state index in [1.54, 1.807) is 0 Å². The maximum Gasteiger partial charge on any atom is 0.261 e. The maximum atomic E-state index is 11.9. The Balaban J connectivity index is 1.86. The number of rotatable bonds is 6. The molecule has 5 heteroatoms. The third-order valence-corrected chi connectivity index (χ3v) is 3.17. The lowest BCUT2D eigenvalue weighted by atomic mass is 10.0. The van der Waals surface area contributed by atoms with Crippen LogP contribution in [0.2, 0.25) is 0 Å². The van der Waals surface area contributed by atoms with Crippen molar-refractivity contribution in [3.8, 4) is 5.75 Å². The van der Waals surface area contributed by atoms with Gasteiger partial charge in [-0.3, -0.25) is 0 Å². The summed E-state index contributed by atoms with van der Waals surface area (Å²) in [6.07, 6.45) is -0.801. The van der Waals surface area contributed by atoms with Crippen LogP contribution in [0.1, 0.15) is 30.5 Å². The summed E-state index contributed by atoms with van der Waals surface area (Å²) in [6.45, 7) is 1.75. The van der Waals surface area contributed by atoms with Gasteiger partial charge in [0.05, 0.1) is 0 Å². The second-order valence-electron chi connectivity index (χ2n) is 4.86. The first kappa shape index (κ1) is 14.2. The Hall–Kier alpha value is -1.20. The highest BCUT2D eigenvalue weighted by Gasteiger charge is 2.20. The second-order valence-corrected chi connectivity index (χ2v) is 4.86. The van der Waals surface area contributed by atoms with Gasteiger partial charge in [0.1, 0.15) is 18.5 Å². The van der Waals surface area contributed by atoms with E-state index >= 15 is 0 Å². The minimum atomic E-state index is -2.42. The Morgan fingerprint density at radius 1 is 1.47 bits per heavy atom. The predicted molar refractivity (Wildman–Crippen MR) is 68.6 cm³/mol. The van der Waals surface area contributed by atoms with Crippen LogP contribution in [-0.4, -0.2) is 25.7 Å². The molecule has 0 aliphatic carbocycles. The Morgan fingerprint density at radius 3 is 3.00 bits per heavy atom. The standard InChI is InChI=1S/C14H19F2NO2/c1-9-6-11-7-10(2-3-13(11)19-9)12(17)4-5-18-8-14(15)16/h2-3,7,9,12,14H,4-6,8,17H2,1H3. The molecule has 0 amide bonds. The molecule has 0 bridgehead atoms. The zero-order valence-corrected chi connectivity index (χ0v) is 10.9. The van der Waals surface area contributed by atoms with E-state index < -0.39 is 13.0 Å². The molecule has 19 heavy (non-hydrogen) atoms.